The Morgan fingerprint density at radius 3 is 2.88 bits per heavy atom. The number of carbonyl (C=O) groups is 1. The van der Waals surface area contributed by atoms with Gasteiger partial charge in [0.05, 0.1) is 10.6 Å². The number of benzene rings is 1. The number of fused-ring (bicyclic) bond motifs is 1. The topological polar surface area (TPSA) is 74.5 Å². The zero-order valence-electron chi connectivity index (χ0n) is 12.4. The summed E-state index contributed by atoms with van der Waals surface area (Å²) in [6.07, 6.45) is 0. The normalized spacial score (nSPS) is 13.0. The summed E-state index contributed by atoms with van der Waals surface area (Å²) in [5.74, 6) is 1.93. The van der Waals surface area contributed by atoms with Crippen molar-refractivity contribution in [2.24, 2.45) is 0 Å². The van der Waals surface area contributed by atoms with Crippen molar-refractivity contribution in [2.75, 3.05) is 19.0 Å². The van der Waals surface area contributed by atoms with Crippen molar-refractivity contribution in [3.8, 4) is 22.3 Å². The fraction of sp³-hybridized carbons (Fsp3) is 0.188. The largest absolute Gasteiger partial charge is 0.486 e. The number of thiophene rings is 1. The van der Waals surface area contributed by atoms with Gasteiger partial charge in [0.15, 0.2) is 17.3 Å². The first-order valence-electron chi connectivity index (χ1n) is 7.22. The van der Waals surface area contributed by atoms with Gasteiger partial charge in [-0.3, -0.25) is 4.79 Å². The molecule has 0 N–H and O–H groups in total. The fourth-order valence-electron chi connectivity index (χ4n) is 2.20. The second kappa shape index (κ2) is 6.66. The van der Waals surface area contributed by atoms with Crippen molar-refractivity contribution in [3.63, 3.8) is 0 Å². The molecule has 8 heteroatoms. The van der Waals surface area contributed by atoms with Crippen LogP contribution in [0.3, 0.4) is 0 Å². The molecule has 1 aromatic carbocycles. The average molecular weight is 360 g/mol. The summed E-state index contributed by atoms with van der Waals surface area (Å²) < 4.78 is 16.5. The van der Waals surface area contributed by atoms with E-state index in [-0.39, 0.29) is 11.5 Å². The number of thioether (sulfide) groups is 1. The predicted octanol–water partition coefficient (Wildman–Crippen LogP) is 3.54. The van der Waals surface area contributed by atoms with Crippen molar-refractivity contribution < 1.29 is 18.7 Å². The van der Waals surface area contributed by atoms with Crippen molar-refractivity contribution >= 4 is 28.9 Å². The number of rotatable bonds is 5. The smallest absolute Gasteiger partial charge is 0.277 e. The lowest BCUT2D eigenvalue weighted by molar-refractivity contribution is 0.102. The van der Waals surface area contributed by atoms with Gasteiger partial charge in [0.1, 0.15) is 13.2 Å². The molecular formula is C16H12N2O4S2. The Morgan fingerprint density at radius 2 is 2.04 bits per heavy atom. The van der Waals surface area contributed by atoms with Gasteiger partial charge in [-0.15, -0.1) is 21.5 Å². The molecule has 122 valence electrons. The van der Waals surface area contributed by atoms with Crippen LogP contribution in [0, 0.1) is 0 Å². The minimum Gasteiger partial charge on any atom is -0.486 e. The molecule has 1 aliphatic rings. The summed E-state index contributed by atoms with van der Waals surface area (Å²) in [6, 6.07) is 9.03. The number of ether oxygens (including phenoxy) is 2. The molecule has 0 atom stereocenters. The van der Waals surface area contributed by atoms with Crippen LogP contribution in [0.15, 0.2) is 45.4 Å². The van der Waals surface area contributed by atoms with E-state index in [9.17, 15) is 4.79 Å². The monoisotopic (exact) mass is 360 g/mol. The van der Waals surface area contributed by atoms with E-state index in [1.54, 1.807) is 18.2 Å². The average Bonchev–Trinajstić information content (AvgIpc) is 3.30. The molecule has 0 saturated heterocycles. The minimum absolute atomic E-state index is 0.0344. The van der Waals surface area contributed by atoms with Gasteiger partial charge in [0.25, 0.3) is 11.1 Å². The van der Waals surface area contributed by atoms with Gasteiger partial charge in [0.2, 0.25) is 0 Å². The lowest BCUT2D eigenvalue weighted by Gasteiger charge is -2.18. The quantitative estimate of drug-likeness (QED) is 0.509. The highest BCUT2D eigenvalue weighted by Crippen LogP contribution is 2.32. The Balaban J connectivity index is 1.41. The van der Waals surface area contributed by atoms with Gasteiger partial charge < -0.3 is 13.9 Å². The molecular weight excluding hydrogens is 348 g/mol. The van der Waals surface area contributed by atoms with Crippen LogP contribution in [0.25, 0.3) is 10.8 Å². The number of hydrogen-bond donors (Lipinski definition) is 0. The summed E-state index contributed by atoms with van der Waals surface area (Å²) in [4.78, 5) is 13.2. The summed E-state index contributed by atoms with van der Waals surface area (Å²) in [5.41, 5.74) is 0.574. The van der Waals surface area contributed by atoms with E-state index in [0.29, 0.717) is 41.4 Å². The summed E-state index contributed by atoms with van der Waals surface area (Å²) >= 11 is 2.75. The molecule has 0 amide bonds. The second-order valence-corrected chi connectivity index (χ2v) is 6.79. The maximum atomic E-state index is 12.3. The van der Waals surface area contributed by atoms with E-state index >= 15 is 0 Å². The molecule has 0 bridgehead atoms. The Morgan fingerprint density at radius 1 is 1.17 bits per heavy atom. The third-order valence-corrected chi connectivity index (χ3v) is 5.01. The molecule has 2 aromatic heterocycles. The molecule has 1 aliphatic heterocycles. The van der Waals surface area contributed by atoms with Crippen LogP contribution in [0.4, 0.5) is 0 Å². The lowest BCUT2D eigenvalue weighted by atomic mass is 10.1. The molecule has 0 spiro atoms. The van der Waals surface area contributed by atoms with Crippen LogP contribution in [-0.2, 0) is 0 Å². The number of aromatic nitrogens is 2. The Bertz CT molecular complexity index is 861. The van der Waals surface area contributed by atoms with E-state index in [1.165, 1.54) is 23.1 Å². The van der Waals surface area contributed by atoms with Crippen molar-refractivity contribution in [1.82, 2.24) is 10.2 Å². The maximum absolute atomic E-state index is 12.3. The van der Waals surface area contributed by atoms with E-state index in [4.69, 9.17) is 13.9 Å². The first kappa shape index (κ1) is 15.2. The number of nitrogens with zero attached hydrogens (tertiary/aromatic N) is 2. The van der Waals surface area contributed by atoms with Crippen LogP contribution >= 0.6 is 23.1 Å². The maximum Gasteiger partial charge on any atom is 0.277 e. The van der Waals surface area contributed by atoms with Crippen LogP contribution in [-0.4, -0.2) is 34.9 Å². The Kier molecular flexibility index (Phi) is 4.22. The first-order chi connectivity index (χ1) is 11.8. The van der Waals surface area contributed by atoms with Gasteiger partial charge in [-0.25, -0.2) is 0 Å². The van der Waals surface area contributed by atoms with Crippen molar-refractivity contribution in [2.45, 2.75) is 5.22 Å². The number of Topliss-reactive ketones (excluding diaryl/α,β-unsaturated/α-hetero) is 1. The second-order valence-electron chi connectivity index (χ2n) is 4.92. The van der Waals surface area contributed by atoms with E-state index < -0.39 is 0 Å². The molecule has 4 rings (SSSR count). The lowest BCUT2D eigenvalue weighted by Crippen LogP contribution is -2.16. The highest BCUT2D eigenvalue weighted by atomic mass is 32.2. The molecule has 0 saturated carbocycles. The summed E-state index contributed by atoms with van der Waals surface area (Å²) in [5, 5.41) is 10.3. The molecule has 0 unspecified atom stereocenters. The molecule has 6 nitrogen and oxygen atoms in total. The molecule has 0 fully saturated rings. The SMILES string of the molecule is O=C(CSc1nnc(-c2cccs2)o1)c1ccc2c(c1)OCCO2. The van der Waals surface area contributed by atoms with Gasteiger partial charge in [-0.2, -0.15) is 0 Å². The van der Waals surface area contributed by atoms with Crippen molar-refractivity contribution in [3.05, 3.63) is 41.3 Å². The van der Waals surface area contributed by atoms with Gasteiger partial charge in [-0.05, 0) is 29.6 Å². The standard InChI is InChI=1S/C16H12N2O4S2/c19-11(10-3-4-12-13(8-10)21-6-5-20-12)9-24-16-18-17-15(22-16)14-2-1-7-23-14/h1-4,7-8H,5-6,9H2. The fourth-order valence-corrected chi connectivity index (χ4v) is 3.50. The van der Waals surface area contributed by atoms with Gasteiger partial charge in [0, 0.05) is 5.56 Å². The van der Waals surface area contributed by atoms with Crippen LogP contribution in [0.2, 0.25) is 0 Å². The third kappa shape index (κ3) is 3.15. The van der Waals surface area contributed by atoms with Crippen LogP contribution in [0.1, 0.15) is 10.4 Å². The van der Waals surface area contributed by atoms with E-state index in [2.05, 4.69) is 10.2 Å². The van der Waals surface area contributed by atoms with E-state index in [0.717, 1.165) is 4.88 Å². The summed E-state index contributed by atoms with van der Waals surface area (Å²) in [6.45, 7) is 1.02. The van der Waals surface area contributed by atoms with Crippen molar-refractivity contribution in [1.29, 1.82) is 0 Å². The molecule has 0 radical (unpaired) electrons. The first-order valence-corrected chi connectivity index (χ1v) is 9.09. The number of carbonyl (C=O) groups excluding carboxylic acids is 1. The Labute approximate surface area is 145 Å². The zero-order chi connectivity index (χ0) is 16.4. The Hall–Kier alpha value is -2.32. The predicted molar refractivity (Wildman–Crippen MR) is 90.1 cm³/mol. The molecule has 3 heterocycles. The van der Waals surface area contributed by atoms with Crippen LogP contribution < -0.4 is 9.47 Å². The number of ketones is 1. The van der Waals surface area contributed by atoms with Gasteiger partial charge in [-0.1, -0.05) is 17.8 Å². The summed E-state index contributed by atoms with van der Waals surface area (Å²) in [7, 11) is 0. The molecule has 24 heavy (non-hydrogen) atoms. The molecule has 3 aromatic rings. The minimum atomic E-state index is -0.0344. The molecule has 0 aliphatic carbocycles. The third-order valence-electron chi connectivity index (χ3n) is 3.33. The zero-order valence-corrected chi connectivity index (χ0v) is 14.1. The highest BCUT2D eigenvalue weighted by Gasteiger charge is 2.16. The van der Waals surface area contributed by atoms with Gasteiger partial charge >= 0.3 is 0 Å². The number of hydrogen-bond acceptors (Lipinski definition) is 8. The van der Waals surface area contributed by atoms with Crippen LogP contribution in [0.5, 0.6) is 11.5 Å². The highest BCUT2D eigenvalue weighted by molar-refractivity contribution is 7.99. The van der Waals surface area contributed by atoms with E-state index in [1.807, 2.05) is 17.5 Å².